The van der Waals surface area contributed by atoms with E-state index in [0.29, 0.717) is 17.1 Å². The highest BCUT2D eigenvalue weighted by molar-refractivity contribution is 6.19. The smallest absolute Gasteiger partial charge is 0.321 e. The van der Waals surface area contributed by atoms with Gasteiger partial charge in [-0.3, -0.25) is 4.79 Å². The minimum atomic E-state index is -1.07. The first-order chi connectivity index (χ1) is 14.1. The van der Waals surface area contributed by atoms with Gasteiger partial charge in [-0.2, -0.15) is 0 Å². The topological polar surface area (TPSA) is 82.6 Å². The molecule has 3 amide bonds. The molecule has 0 aliphatic carbocycles. The van der Waals surface area contributed by atoms with Gasteiger partial charge in [0.2, 0.25) is 6.17 Å². The number of carbonyl (C=O) groups is 2. The summed E-state index contributed by atoms with van der Waals surface area (Å²) in [5, 5.41) is 8.26. The Morgan fingerprint density at radius 1 is 0.966 bits per heavy atom. The summed E-state index contributed by atoms with van der Waals surface area (Å²) in [7, 11) is 0. The molecule has 0 unspecified atom stereocenters. The van der Waals surface area contributed by atoms with Gasteiger partial charge < -0.3 is 16.0 Å². The van der Waals surface area contributed by atoms with Crippen LogP contribution in [0, 0.1) is 6.92 Å². The minimum Gasteiger partial charge on any atom is -0.322 e. The van der Waals surface area contributed by atoms with Crippen LogP contribution in [0.4, 0.5) is 16.2 Å². The monoisotopic (exact) mass is 384 g/mol. The zero-order chi connectivity index (χ0) is 20.2. The van der Waals surface area contributed by atoms with E-state index in [1.165, 1.54) is 0 Å². The quantitative estimate of drug-likeness (QED) is 0.639. The molecular formula is C23H20N4O2. The Bertz CT molecular complexity index is 1090. The number of rotatable bonds is 3. The van der Waals surface area contributed by atoms with Gasteiger partial charge in [-0.05, 0) is 30.7 Å². The molecule has 4 rings (SSSR count). The molecular weight excluding hydrogens is 364 g/mol. The molecule has 1 aliphatic rings. The number of hydrogen-bond donors (Lipinski definition) is 3. The van der Waals surface area contributed by atoms with Crippen molar-refractivity contribution in [2.75, 3.05) is 10.6 Å². The van der Waals surface area contributed by atoms with Crippen molar-refractivity contribution in [1.82, 2.24) is 5.32 Å². The van der Waals surface area contributed by atoms with Crippen molar-refractivity contribution in [3.05, 3.63) is 95.6 Å². The molecule has 0 saturated heterocycles. The molecule has 3 aromatic carbocycles. The maximum atomic E-state index is 12.7. The van der Waals surface area contributed by atoms with E-state index in [2.05, 4.69) is 20.9 Å². The van der Waals surface area contributed by atoms with Gasteiger partial charge in [0.1, 0.15) is 0 Å². The van der Waals surface area contributed by atoms with Gasteiger partial charge in [0, 0.05) is 16.8 Å². The molecule has 6 heteroatoms. The lowest BCUT2D eigenvalue weighted by atomic mass is 10.0. The number of nitrogens with zero attached hydrogens (tertiary/aromatic N) is 1. The molecule has 3 N–H and O–H groups in total. The Morgan fingerprint density at radius 2 is 1.72 bits per heavy atom. The van der Waals surface area contributed by atoms with Crippen molar-refractivity contribution in [2.45, 2.75) is 13.1 Å². The number of nitrogens with one attached hydrogen (secondary N) is 3. The van der Waals surface area contributed by atoms with E-state index in [9.17, 15) is 9.59 Å². The number of benzene rings is 3. The highest BCUT2D eigenvalue weighted by atomic mass is 16.2. The van der Waals surface area contributed by atoms with Gasteiger partial charge in [0.25, 0.3) is 5.91 Å². The number of carbonyl (C=O) groups excluding carboxylic acids is 2. The molecule has 0 saturated carbocycles. The SMILES string of the molecule is Cc1cccc(NC(=O)N[C@@H]2N=C(c3ccccc3)c3ccccc3NC2=O)c1. The van der Waals surface area contributed by atoms with Crippen LogP contribution in [-0.2, 0) is 4.79 Å². The van der Waals surface area contributed by atoms with Crippen LogP contribution in [0.15, 0.2) is 83.9 Å². The van der Waals surface area contributed by atoms with Gasteiger partial charge in [0.15, 0.2) is 0 Å². The molecule has 3 aromatic rings. The Hall–Kier alpha value is -3.93. The summed E-state index contributed by atoms with van der Waals surface area (Å²) in [6.45, 7) is 1.94. The number of anilines is 2. The number of hydrogen-bond acceptors (Lipinski definition) is 3. The van der Waals surface area contributed by atoms with E-state index in [0.717, 1.165) is 16.7 Å². The molecule has 6 nitrogen and oxygen atoms in total. The zero-order valence-corrected chi connectivity index (χ0v) is 15.8. The molecule has 0 radical (unpaired) electrons. The summed E-state index contributed by atoms with van der Waals surface area (Å²) >= 11 is 0. The average Bonchev–Trinajstić information content (AvgIpc) is 2.85. The predicted molar refractivity (Wildman–Crippen MR) is 114 cm³/mol. The number of aryl methyl sites for hydroxylation is 1. The molecule has 0 spiro atoms. The first kappa shape index (κ1) is 18.4. The number of para-hydroxylation sites is 1. The largest absolute Gasteiger partial charge is 0.322 e. The first-order valence-electron chi connectivity index (χ1n) is 9.28. The molecule has 1 atom stereocenters. The Balaban J connectivity index is 1.64. The van der Waals surface area contributed by atoms with Crippen LogP contribution in [0.5, 0.6) is 0 Å². The molecule has 0 fully saturated rings. The Morgan fingerprint density at radius 3 is 2.52 bits per heavy atom. The van der Waals surface area contributed by atoms with E-state index in [4.69, 9.17) is 0 Å². The van der Waals surface area contributed by atoms with E-state index < -0.39 is 18.1 Å². The second-order valence-corrected chi connectivity index (χ2v) is 6.75. The minimum absolute atomic E-state index is 0.400. The summed E-state index contributed by atoms with van der Waals surface area (Å²) < 4.78 is 0. The van der Waals surface area contributed by atoms with Crippen LogP contribution in [0.2, 0.25) is 0 Å². The third-order valence-corrected chi connectivity index (χ3v) is 4.54. The van der Waals surface area contributed by atoms with Gasteiger partial charge in [-0.25, -0.2) is 9.79 Å². The van der Waals surface area contributed by atoms with Crippen molar-refractivity contribution >= 4 is 29.0 Å². The van der Waals surface area contributed by atoms with Crippen LogP contribution in [0.1, 0.15) is 16.7 Å². The Kier molecular flexibility index (Phi) is 5.07. The lowest BCUT2D eigenvalue weighted by Gasteiger charge is -2.14. The molecule has 0 aromatic heterocycles. The van der Waals surface area contributed by atoms with E-state index in [1.807, 2.05) is 79.7 Å². The summed E-state index contributed by atoms with van der Waals surface area (Å²) in [5.74, 6) is -0.400. The standard InChI is InChI=1S/C23H20N4O2/c1-15-8-7-11-17(14-15)24-23(29)27-21-22(28)25-19-13-6-5-12-18(19)20(26-21)16-9-3-2-4-10-16/h2-14,21H,1H3,(H,25,28)(H2,24,27,29)/t21-/m0/s1. The maximum absolute atomic E-state index is 12.7. The fraction of sp³-hybridized carbons (Fsp3) is 0.0870. The molecule has 1 aliphatic heterocycles. The van der Waals surface area contributed by atoms with Crippen LogP contribution in [0.25, 0.3) is 0 Å². The number of benzodiazepines with no additional fused rings is 1. The van der Waals surface area contributed by atoms with Gasteiger partial charge >= 0.3 is 6.03 Å². The first-order valence-corrected chi connectivity index (χ1v) is 9.28. The van der Waals surface area contributed by atoms with Crippen molar-refractivity contribution in [2.24, 2.45) is 4.99 Å². The number of aliphatic imine (C=N–C) groups is 1. The fourth-order valence-electron chi connectivity index (χ4n) is 3.20. The van der Waals surface area contributed by atoms with E-state index >= 15 is 0 Å². The van der Waals surface area contributed by atoms with Gasteiger partial charge in [0.05, 0.1) is 11.4 Å². The van der Waals surface area contributed by atoms with Crippen LogP contribution in [0.3, 0.4) is 0 Å². The third-order valence-electron chi connectivity index (χ3n) is 4.54. The van der Waals surface area contributed by atoms with Gasteiger partial charge in [-0.15, -0.1) is 0 Å². The molecule has 1 heterocycles. The maximum Gasteiger partial charge on any atom is 0.321 e. The molecule has 29 heavy (non-hydrogen) atoms. The van der Waals surface area contributed by atoms with E-state index in [-0.39, 0.29) is 0 Å². The Labute approximate surface area is 168 Å². The predicted octanol–water partition coefficient (Wildman–Crippen LogP) is 3.93. The van der Waals surface area contributed by atoms with Crippen molar-refractivity contribution in [3.8, 4) is 0 Å². The second kappa shape index (κ2) is 7.98. The summed E-state index contributed by atoms with van der Waals surface area (Å²) in [4.78, 5) is 29.8. The molecule has 0 bridgehead atoms. The van der Waals surface area contributed by atoms with Crippen LogP contribution in [-0.4, -0.2) is 23.8 Å². The molecule has 144 valence electrons. The fourth-order valence-corrected chi connectivity index (χ4v) is 3.20. The lowest BCUT2D eigenvalue weighted by molar-refractivity contribution is -0.117. The van der Waals surface area contributed by atoms with Crippen LogP contribution < -0.4 is 16.0 Å². The van der Waals surface area contributed by atoms with E-state index in [1.54, 1.807) is 6.07 Å². The number of fused-ring (bicyclic) bond motifs is 1. The van der Waals surface area contributed by atoms with Crippen molar-refractivity contribution < 1.29 is 9.59 Å². The van der Waals surface area contributed by atoms with Gasteiger partial charge in [-0.1, -0.05) is 60.7 Å². The lowest BCUT2D eigenvalue weighted by Crippen LogP contribution is -2.44. The normalized spacial score (nSPS) is 15.4. The average molecular weight is 384 g/mol. The van der Waals surface area contributed by atoms with Crippen molar-refractivity contribution in [1.29, 1.82) is 0 Å². The third kappa shape index (κ3) is 4.16. The second-order valence-electron chi connectivity index (χ2n) is 6.75. The highest BCUT2D eigenvalue weighted by Gasteiger charge is 2.26. The summed E-state index contributed by atoms with van der Waals surface area (Å²) in [5.41, 5.74) is 4.63. The number of urea groups is 1. The summed E-state index contributed by atoms with van der Waals surface area (Å²) in [6.07, 6.45) is -1.07. The number of amides is 3. The zero-order valence-electron chi connectivity index (χ0n) is 15.8. The van der Waals surface area contributed by atoms with Crippen molar-refractivity contribution in [3.63, 3.8) is 0 Å². The van der Waals surface area contributed by atoms with Crippen LogP contribution >= 0.6 is 0 Å². The highest BCUT2D eigenvalue weighted by Crippen LogP contribution is 2.23. The summed E-state index contributed by atoms with van der Waals surface area (Å²) in [6, 6.07) is 24.0.